The maximum Gasteiger partial charge on any atom is 0.236 e. The first-order valence-corrected chi connectivity index (χ1v) is 7.14. The molecule has 0 unspecified atom stereocenters. The normalized spacial score (nSPS) is 10.8. The second-order valence-electron chi connectivity index (χ2n) is 4.74. The number of unbranched alkanes of at least 4 members (excludes halogenated alkanes) is 1. The molecule has 0 aliphatic carbocycles. The Labute approximate surface area is 123 Å². The van der Waals surface area contributed by atoms with Gasteiger partial charge in [0.15, 0.2) is 11.5 Å². The fraction of sp³-hybridized carbons (Fsp3) is 0.538. The van der Waals surface area contributed by atoms with E-state index in [1.807, 2.05) is 11.8 Å². The summed E-state index contributed by atoms with van der Waals surface area (Å²) in [6.07, 6.45) is 3.54. The number of nitrogens with one attached hydrogen (secondary N) is 2. The molecule has 0 aliphatic rings. The summed E-state index contributed by atoms with van der Waals surface area (Å²) in [7, 11) is 0. The second kappa shape index (κ2) is 6.87. The van der Waals surface area contributed by atoms with E-state index in [1.165, 1.54) is 0 Å². The molecule has 2 aromatic heterocycles. The van der Waals surface area contributed by atoms with Crippen molar-refractivity contribution < 1.29 is 4.79 Å². The highest BCUT2D eigenvalue weighted by atomic mass is 16.1. The lowest BCUT2D eigenvalue weighted by atomic mass is 10.3. The van der Waals surface area contributed by atoms with Crippen LogP contribution in [-0.4, -0.2) is 45.5 Å². The Balaban J connectivity index is 2.42. The minimum absolute atomic E-state index is 0.122. The van der Waals surface area contributed by atoms with Gasteiger partial charge in [0.25, 0.3) is 0 Å². The zero-order valence-electron chi connectivity index (χ0n) is 12.4. The number of H-pyrrole nitrogens is 1. The van der Waals surface area contributed by atoms with Gasteiger partial charge in [-0.1, -0.05) is 13.3 Å². The van der Waals surface area contributed by atoms with Crippen molar-refractivity contribution in [3.8, 4) is 0 Å². The molecule has 0 atom stereocenters. The van der Waals surface area contributed by atoms with Crippen LogP contribution in [0.5, 0.6) is 0 Å². The van der Waals surface area contributed by atoms with E-state index in [4.69, 9.17) is 5.73 Å². The summed E-state index contributed by atoms with van der Waals surface area (Å²) >= 11 is 0. The molecule has 0 saturated heterocycles. The van der Waals surface area contributed by atoms with Crippen LogP contribution in [0.15, 0.2) is 6.33 Å². The number of aromatic nitrogens is 4. The number of nitrogens with two attached hydrogens (primary N) is 1. The SMILES string of the molecule is CCCCN(CC(N)=O)c1nc(NCC)nc2nc[nH]c12. The topological polar surface area (TPSA) is 113 Å². The fourth-order valence-corrected chi connectivity index (χ4v) is 2.08. The predicted molar refractivity (Wildman–Crippen MR) is 82.2 cm³/mol. The largest absolute Gasteiger partial charge is 0.368 e. The molecule has 0 bridgehead atoms. The molecule has 0 fully saturated rings. The standard InChI is InChI=1S/C13H21N7O/c1-3-5-6-20(7-9(14)21)12-10-11(17-8-16-10)18-13(19-12)15-4-2/h8H,3-7H2,1-2H3,(H2,14,21)(H2,15,16,17,18,19). The number of rotatable bonds is 8. The fourth-order valence-electron chi connectivity index (χ4n) is 2.08. The molecule has 0 saturated carbocycles. The van der Waals surface area contributed by atoms with Gasteiger partial charge in [0.1, 0.15) is 5.52 Å². The first-order valence-electron chi connectivity index (χ1n) is 7.14. The van der Waals surface area contributed by atoms with Gasteiger partial charge in [-0.15, -0.1) is 0 Å². The second-order valence-corrected chi connectivity index (χ2v) is 4.74. The smallest absolute Gasteiger partial charge is 0.236 e. The number of carbonyl (C=O) groups excluding carboxylic acids is 1. The maximum absolute atomic E-state index is 11.3. The van der Waals surface area contributed by atoms with Crippen LogP contribution in [-0.2, 0) is 4.79 Å². The third-order valence-corrected chi connectivity index (χ3v) is 3.03. The van der Waals surface area contributed by atoms with Crippen molar-refractivity contribution in [1.29, 1.82) is 0 Å². The molecular weight excluding hydrogens is 270 g/mol. The van der Waals surface area contributed by atoms with Crippen LogP contribution < -0.4 is 16.0 Å². The van der Waals surface area contributed by atoms with Crippen LogP contribution in [0.4, 0.5) is 11.8 Å². The Morgan fingerprint density at radius 1 is 1.43 bits per heavy atom. The van der Waals surface area contributed by atoms with Crippen LogP contribution in [0.2, 0.25) is 0 Å². The molecule has 2 heterocycles. The van der Waals surface area contributed by atoms with Crippen molar-refractivity contribution >= 4 is 28.8 Å². The van der Waals surface area contributed by atoms with E-state index in [-0.39, 0.29) is 12.5 Å². The average molecular weight is 291 g/mol. The van der Waals surface area contributed by atoms with Gasteiger partial charge < -0.3 is 20.9 Å². The Bertz CT molecular complexity index is 610. The number of amides is 1. The van der Waals surface area contributed by atoms with E-state index in [2.05, 4.69) is 32.2 Å². The molecule has 114 valence electrons. The number of anilines is 2. The molecule has 1 amide bonds. The molecule has 0 radical (unpaired) electrons. The zero-order valence-corrected chi connectivity index (χ0v) is 12.4. The highest BCUT2D eigenvalue weighted by Gasteiger charge is 2.17. The van der Waals surface area contributed by atoms with E-state index >= 15 is 0 Å². The lowest BCUT2D eigenvalue weighted by molar-refractivity contribution is -0.116. The maximum atomic E-state index is 11.3. The lowest BCUT2D eigenvalue weighted by Crippen LogP contribution is -2.35. The molecule has 2 rings (SSSR count). The molecule has 8 heteroatoms. The van der Waals surface area contributed by atoms with Crippen molar-refractivity contribution in [3.05, 3.63) is 6.33 Å². The minimum atomic E-state index is -0.387. The molecule has 0 spiro atoms. The van der Waals surface area contributed by atoms with Gasteiger partial charge in [0, 0.05) is 13.1 Å². The van der Waals surface area contributed by atoms with E-state index in [1.54, 1.807) is 6.33 Å². The number of imidazole rings is 1. The highest BCUT2D eigenvalue weighted by Crippen LogP contribution is 2.23. The Hall–Kier alpha value is -2.38. The number of fused-ring (bicyclic) bond motifs is 1. The number of aromatic amines is 1. The average Bonchev–Trinajstić information content (AvgIpc) is 2.91. The van der Waals surface area contributed by atoms with Gasteiger partial charge in [-0.25, -0.2) is 4.98 Å². The van der Waals surface area contributed by atoms with Gasteiger partial charge in [-0.3, -0.25) is 4.79 Å². The van der Waals surface area contributed by atoms with Gasteiger partial charge in [0.2, 0.25) is 11.9 Å². The highest BCUT2D eigenvalue weighted by molar-refractivity contribution is 5.87. The zero-order chi connectivity index (χ0) is 15.2. The summed E-state index contributed by atoms with van der Waals surface area (Å²) in [6.45, 7) is 5.60. The van der Waals surface area contributed by atoms with E-state index in [9.17, 15) is 4.79 Å². The molecule has 21 heavy (non-hydrogen) atoms. The summed E-state index contributed by atoms with van der Waals surface area (Å²) in [5.74, 6) is 0.765. The molecular formula is C13H21N7O. The van der Waals surface area contributed by atoms with E-state index in [0.29, 0.717) is 36.0 Å². The van der Waals surface area contributed by atoms with E-state index < -0.39 is 0 Å². The lowest BCUT2D eigenvalue weighted by Gasteiger charge is -2.22. The van der Waals surface area contributed by atoms with Crippen LogP contribution in [0.25, 0.3) is 11.2 Å². The number of carbonyl (C=O) groups is 1. The van der Waals surface area contributed by atoms with Crippen molar-refractivity contribution in [2.45, 2.75) is 26.7 Å². The Morgan fingerprint density at radius 3 is 2.90 bits per heavy atom. The molecule has 4 N–H and O–H groups in total. The van der Waals surface area contributed by atoms with Crippen molar-refractivity contribution in [2.75, 3.05) is 29.9 Å². The molecule has 2 aromatic rings. The van der Waals surface area contributed by atoms with Crippen LogP contribution >= 0.6 is 0 Å². The predicted octanol–water partition coefficient (Wildman–Crippen LogP) is 0.877. The molecule has 0 aromatic carbocycles. The summed E-state index contributed by atoms with van der Waals surface area (Å²) in [4.78, 5) is 29.2. The van der Waals surface area contributed by atoms with Crippen LogP contribution in [0, 0.1) is 0 Å². The van der Waals surface area contributed by atoms with Gasteiger partial charge in [-0.05, 0) is 13.3 Å². The number of primary amides is 1. The van der Waals surface area contributed by atoms with Crippen molar-refractivity contribution in [3.63, 3.8) is 0 Å². The first kappa shape index (κ1) is 15.0. The quantitative estimate of drug-likeness (QED) is 0.665. The Kier molecular flexibility index (Phi) is 4.91. The summed E-state index contributed by atoms with van der Waals surface area (Å²) < 4.78 is 0. The van der Waals surface area contributed by atoms with Crippen molar-refractivity contribution in [1.82, 2.24) is 19.9 Å². The monoisotopic (exact) mass is 291 g/mol. The third-order valence-electron chi connectivity index (χ3n) is 3.03. The van der Waals surface area contributed by atoms with Crippen molar-refractivity contribution in [2.24, 2.45) is 5.73 Å². The third kappa shape index (κ3) is 3.59. The van der Waals surface area contributed by atoms with Gasteiger partial charge >= 0.3 is 0 Å². The number of nitrogens with zero attached hydrogens (tertiary/aromatic N) is 4. The Morgan fingerprint density at radius 2 is 2.24 bits per heavy atom. The van der Waals surface area contributed by atoms with Gasteiger partial charge in [0.05, 0.1) is 12.9 Å². The molecule has 0 aliphatic heterocycles. The van der Waals surface area contributed by atoms with E-state index in [0.717, 1.165) is 12.8 Å². The summed E-state index contributed by atoms with van der Waals surface area (Å²) in [5.41, 5.74) is 6.64. The summed E-state index contributed by atoms with van der Waals surface area (Å²) in [5, 5.41) is 3.08. The number of hydrogen-bond donors (Lipinski definition) is 3. The first-order chi connectivity index (χ1) is 10.2. The van der Waals surface area contributed by atoms with Crippen LogP contribution in [0.3, 0.4) is 0 Å². The minimum Gasteiger partial charge on any atom is -0.368 e. The number of hydrogen-bond acceptors (Lipinski definition) is 6. The van der Waals surface area contributed by atoms with Gasteiger partial charge in [-0.2, -0.15) is 9.97 Å². The van der Waals surface area contributed by atoms with Crippen LogP contribution in [0.1, 0.15) is 26.7 Å². The molecule has 8 nitrogen and oxygen atoms in total. The summed E-state index contributed by atoms with van der Waals surface area (Å²) in [6, 6.07) is 0.